The highest BCUT2D eigenvalue weighted by Gasteiger charge is 2.13. The van der Waals surface area contributed by atoms with Crippen LogP contribution in [0.25, 0.3) is 0 Å². The molecular weight excluding hydrogens is 258 g/mol. The number of nitrogens with zero attached hydrogens (tertiary/aromatic N) is 3. The van der Waals surface area contributed by atoms with Crippen LogP contribution in [0.4, 0.5) is 8.78 Å². The Labute approximate surface area is 108 Å². The summed E-state index contributed by atoms with van der Waals surface area (Å²) < 4.78 is 26.0. The summed E-state index contributed by atoms with van der Waals surface area (Å²) in [5.74, 6) is 0.324. The predicted molar refractivity (Wildman–Crippen MR) is 65.6 cm³/mol. The van der Waals surface area contributed by atoms with Crippen molar-refractivity contribution in [1.29, 1.82) is 0 Å². The molecule has 0 amide bonds. The molecule has 2 aromatic heterocycles. The van der Waals surface area contributed by atoms with Crippen LogP contribution in [-0.4, -0.2) is 14.5 Å². The molecule has 0 saturated heterocycles. The molecule has 0 fully saturated rings. The maximum atomic E-state index is 12.6. The van der Waals surface area contributed by atoms with E-state index in [1.54, 1.807) is 17.5 Å². The summed E-state index contributed by atoms with van der Waals surface area (Å²) in [6.07, 6.45) is 4.46. The maximum absolute atomic E-state index is 12.6. The minimum atomic E-state index is -2.55. The van der Waals surface area contributed by atoms with Crippen molar-refractivity contribution in [2.75, 3.05) is 0 Å². The van der Waals surface area contributed by atoms with Gasteiger partial charge in [-0.2, -0.15) is 8.78 Å². The lowest BCUT2D eigenvalue weighted by Crippen LogP contribution is -2.20. The molecule has 2 rings (SSSR count). The van der Waals surface area contributed by atoms with Crippen molar-refractivity contribution in [3.8, 4) is 0 Å². The Kier molecular flexibility index (Phi) is 4.03. The molecule has 0 saturated carbocycles. The van der Waals surface area contributed by atoms with Crippen molar-refractivity contribution in [3.63, 3.8) is 0 Å². The number of imidazole rings is 1. The van der Waals surface area contributed by atoms with Gasteiger partial charge in [-0.15, -0.1) is 11.3 Å². The van der Waals surface area contributed by atoms with Crippen molar-refractivity contribution in [2.24, 2.45) is 0 Å². The lowest BCUT2D eigenvalue weighted by molar-refractivity contribution is 0.0665. The number of hydrogen-bond acceptors (Lipinski definition) is 4. The molecule has 0 bridgehead atoms. The van der Waals surface area contributed by atoms with E-state index >= 15 is 0 Å². The zero-order valence-corrected chi connectivity index (χ0v) is 10.9. The fourth-order valence-corrected chi connectivity index (χ4v) is 2.36. The molecular formula is C11H14F2N4S. The predicted octanol–water partition coefficient (Wildman–Crippen LogP) is 2.89. The minimum Gasteiger partial charge on any atom is -0.301 e. The van der Waals surface area contributed by atoms with Crippen LogP contribution in [0.2, 0.25) is 0 Å². The minimum absolute atomic E-state index is 0.0199. The lowest BCUT2D eigenvalue weighted by atomic mass is 10.3. The molecule has 98 valence electrons. The third-order valence-corrected chi connectivity index (χ3v) is 3.63. The third kappa shape index (κ3) is 2.91. The van der Waals surface area contributed by atoms with Gasteiger partial charge in [-0.1, -0.05) is 0 Å². The SMILES string of the molecule is Cc1cnc(C(C)NCc2nccn2C(F)F)s1. The number of aryl methyl sites for hydroxylation is 1. The van der Waals surface area contributed by atoms with Crippen molar-refractivity contribution >= 4 is 11.3 Å². The molecule has 0 aromatic carbocycles. The number of thiazole rings is 1. The van der Waals surface area contributed by atoms with Crippen molar-refractivity contribution in [3.05, 3.63) is 34.3 Å². The van der Waals surface area contributed by atoms with E-state index in [9.17, 15) is 8.78 Å². The van der Waals surface area contributed by atoms with Gasteiger partial charge in [0, 0.05) is 23.5 Å². The second-order valence-corrected chi connectivity index (χ2v) is 5.21. The van der Waals surface area contributed by atoms with E-state index in [1.807, 2.05) is 13.8 Å². The van der Waals surface area contributed by atoms with Crippen LogP contribution in [0.1, 0.15) is 35.2 Å². The van der Waals surface area contributed by atoms with Crippen LogP contribution in [0.3, 0.4) is 0 Å². The fourth-order valence-electron chi connectivity index (χ4n) is 1.56. The highest BCUT2D eigenvalue weighted by Crippen LogP contribution is 2.19. The standard InChI is InChI=1S/C11H14F2N4S/c1-7-5-16-10(18-7)8(2)15-6-9-14-3-4-17(9)11(12)13/h3-5,8,11,15H,6H2,1-2H3. The molecule has 7 heteroatoms. The van der Waals surface area contributed by atoms with E-state index in [0.29, 0.717) is 5.82 Å². The van der Waals surface area contributed by atoms with Crippen LogP contribution in [0.5, 0.6) is 0 Å². The summed E-state index contributed by atoms with van der Waals surface area (Å²) in [5, 5.41) is 4.09. The number of alkyl halides is 2. The first-order chi connectivity index (χ1) is 8.58. The summed E-state index contributed by atoms with van der Waals surface area (Å²) in [7, 11) is 0. The molecule has 2 aromatic rings. The van der Waals surface area contributed by atoms with Crippen LogP contribution in [0, 0.1) is 6.92 Å². The van der Waals surface area contributed by atoms with Gasteiger partial charge in [0.05, 0.1) is 12.6 Å². The van der Waals surface area contributed by atoms with Gasteiger partial charge in [-0.25, -0.2) is 9.97 Å². The number of halogens is 2. The molecule has 1 N–H and O–H groups in total. The number of rotatable bonds is 5. The van der Waals surface area contributed by atoms with E-state index in [1.165, 1.54) is 12.4 Å². The summed E-state index contributed by atoms with van der Waals surface area (Å²) in [6, 6.07) is 0.0199. The molecule has 0 aliphatic rings. The van der Waals surface area contributed by atoms with Gasteiger partial charge in [0.1, 0.15) is 10.8 Å². The number of aromatic nitrogens is 3. The zero-order valence-electron chi connectivity index (χ0n) is 10.1. The van der Waals surface area contributed by atoms with Gasteiger partial charge >= 0.3 is 6.55 Å². The molecule has 2 heterocycles. The first-order valence-corrected chi connectivity index (χ1v) is 6.35. The van der Waals surface area contributed by atoms with Gasteiger partial charge in [0.2, 0.25) is 0 Å². The van der Waals surface area contributed by atoms with E-state index in [4.69, 9.17) is 0 Å². The summed E-state index contributed by atoms with van der Waals surface area (Å²) in [4.78, 5) is 9.30. The van der Waals surface area contributed by atoms with E-state index < -0.39 is 6.55 Å². The monoisotopic (exact) mass is 272 g/mol. The van der Waals surface area contributed by atoms with Gasteiger partial charge in [0.15, 0.2) is 0 Å². The van der Waals surface area contributed by atoms with Gasteiger partial charge < -0.3 is 5.32 Å². The van der Waals surface area contributed by atoms with Gasteiger partial charge in [0.25, 0.3) is 0 Å². The van der Waals surface area contributed by atoms with Crippen molar-refractivity contribution in [2.45, 2.75) is 33.0 Å². The Hall–Kier alpha value is -1.34. The van der Waals surface area contributed by atoms with Crippen LogP contribution in [0.15, 0.2) is 18.6 Å². The van der Waals surface area contributed by atoms with E-state index in [-0.39, 0.29) is 12.6 Å². The Morgan fingerprint density at radius 1 is 1.44 bits per heavy atom. The average Bonchev–Trinajstić information content (AvgIpc) is 2.94. The Morgan fingerprint density at radius 3 is 2.83 bits per heavy atom. The fraction of sp³-hybridized carbons (Fsp3) is 0.455. The molecule has 4 nitrogen and oxygen atoms in total. The van der Waals surface area contributed by atoms with Crippen LogP contribution < -0.4 is 5.32 Å². The quantitative estimate of drug-likeness (QED) is 0.910. The zero-order chi connectivity index (χ0) is 13.1. The highest BCUT2D eigenvalue weighted by atomic mass is 32.1. The molecule has 0 spiro atoms. The second kappa shape index (κ2) is 5.53. The third-order valence-electron chi connectivity index (χ3n) is 2.54. The van der Waals surface area contributed by atoms with E-state index in [2.05, 4.69) is 15.3 Å². The number of hydrogen-bond donors (Lipinski definition) is 1. The Bertz CT molecular complexity index is 509. The lowest BCUT2D eigenvalue weighted by Gasteiger charge is -2.12. The summed E-state index contributed by atoms with van der Waals surface area (Å²) in [6.45, 7) is 1.67. The Morgan fingerprint density at radius 2 is 2.22 bits per heavy atom. The highest BCUT2D eigenvalue weighted by molar-refractivity contribution is 7.11. The normalized spacial score (nSPS) is 13.2. The van der Waals surface area contributed by atoms with Crippen LogP contribution in [-0.2, 0) is 6.54 Å². The average molecular weight is 272 g/mol. The molecule has 0 aliphatic carbocycles. The van der Waals surface area contributed by atoms with Crippen molar-refractivity contribution < 1.29 is 8.78 Å². The smallest absolute Gasteiger partial charge is 0.301 e. The summed E-state index contributed by atoms with van der Waals surface area (Å²) in [5.41, 5.74) is 0. The first-order valence-electron chi connectivity index (χ1n) is 5.53. The second-order valence-electron chi connectivity index (χ2n) is 3.94. The molecule has 18 heavy (non-hydrogen) atoms. The molecule has 1 unspecified atom stereocenters. The first kappa shape index (κ1) is 13.1. The van der Waals surface area contributed by atoms with Gasteiger partial charge in [-0.05, 0) is 13.8 Å². The Balaban J connectivity index is 1.97. The topological polar surface area (TPSA) is 42.7 Å². The van der Waals surface area contributed by atoms with Crippen molar-refractivity contribution in [1.82, 2.24) is 19.9 Å². The maximum Gasteiger partial charge on any atom is 0.319 e. The largest absolute Gasteiger partial charge is 0.319 e. The summed E-state index contributed by atoms with van der Waals surface area (Å²) >= 11 is 1.59. The van der Waals surface area contributed by atoms with Crippen LogP contribution >= 0.6 is 11.3 Å². The molecule has 0 radical (unpaired) electrons. The number of nitrogens with one attached hydrogen (secondary N) is 1. The van der Waals surface area contributed by atoms with Gasteiger partial charge in [-0.3, -0.25) is 4.57 Å². The van der Waals surface area contributed by atoms with E-state index in [0.717, 1.165) is 14.5 Å². The molecule has 1 atom stereocenters. The molecule has 0 aliphatic heterocycles.